The largest absolute Gasteiger partial charge is 0.491 e. The summed E-state index contributed by atoms with van der Waals surface area (Å²) in [6.07, 6.45) is 1.94. The predicted molar refractivity (Wildman–Crippen MR) is 67.4 cm³/mol. The number of nitrogens with two attached hydrogens (primary N) is 1. The number of rotatable bonds is 6. The fraction of sp³-hybridized carbons (Fsp3) is 0.462. The Bertz CT molecular complexity index is 388. The van der Waals surface area contributed by atoms with Crippen LogP contribution in [-0.4, -0.2) is 17.7 Å². The molecule has 0 saturated heterocycles. The Morgan fingerprint density at radius 1 is 1.47 bits per heavy atom. The van der Waals surface area contributed by atoms with Crippen molar-refractivity contribution >= 4 is 11.7 Å². The number of ether oxygens (including phenoxy) is 1. The highest BCUT2D eigenvalue weighted by Gasteiger charge is 2.13. The molecule has 1 rings (SSSR count). The van der Waals surface area contributed by atoms with Gasteiger partial charge in [0.25, 0.3) is 0 Å². The molecule has 0 aliphatic rings. The van der Waals surface area contributed by atoms with Gasteiger partial charge >= 0.3 is 5.97 Å². The molecule has 0 fully saturated rings. The van der Waals surface area contributed by atoms with E-state index in [4.69, 9.17) is 15.6 Å². The molecule has 0 atom stereocenters. The first-order chi connectivity index (χ1) is 8.02. The van der Waals surface area contributed by atoms with E-state index in [1.165, 1.54) is 6.07 Å². The van der Waals surface area contributed by atoms with Gasteiger partial charge in [-0.15, -0.1) is 0 Å². The van der Waals surface area contributed by atoms with Gasteiger partial charge in [0, 0.05) is 0 Å². The number of benzene rings is 1. The number of hydrogen-bond acceptors (Lipinski definition) is 3. The van der Waals surface area contributed by atoms with Crippen molar-refractivity contribution in [1.82, 2.24) is 0 Å². The summed E-state index contributed by atoms with van der Waals surface area (Å²) < 4.78 is 5.47. The van der Waals surface area contributed by atoms with Crippen LogP contribution in [0.25, 0.3) is 0 Å². The maximum Gasteiger partial charge on any atom is 0.339 e. The topological polar surface area (TPSA) is 72.5 Å². The first-order valence-corrected chi connectivity index (χ1v) is 5.77. The second-order valence-electron chi connectivity index (χ2n) is 4.41. The number of para-hydroxylation sites is 1. The second-order valence-corrected chi connectivity index (χ2v) is 4.41. The molecule has 0 bridgehead atoms. The second kappa shape index (κ2) is 6.13. The van der Waals surface area contributed by atoms with Crippen LogP contribution in [0.1, 0.15) is 37.0 Å². The smallest absolute Gasteiger partial charge is 0.339 e. The molecule has 94 valence electrons. The van der Waals surface area contributed by atoms with Crippen molar-refractivity contribution in [2.45, 2.75) is 26.7 Å². The van der Waals surface area contributed by atoms with E-state index in [2.05, 4.69) is 13.8 Å². The first-order valence-electron chi connectivity index (χ1n) is 5.77. The first kappa shape index (κ1) is 13.4. The highest BCUT2D eigenvalue weighted by atomic mass is 16.5. The third-order valence-electron chi connectivity index (χ3n) is 2.45. The fourth-order valence-electron chi connectivity index (χ4n) is 1.55. The molecular weight excluding hydrogens is 218 g/mol. The van der Waals surface area contributed by atoms with E-state index in [1.807, 2.05) is 0 Å². The molecule has 0 aliphatic carbocycles. The van der Waals surface area contributed by atoms with Gasteiger partial charge in [-0.2, -0.15) is 0 Å². The molecule has 0 unspecified atom stereocenters. The van der Waals surface area contributed by atoms with Crippen molar-refractivity contribution in [3.8, 4) is 5.75 Å². The zero-order valence-electron chi connectivity index (χ0n) is 10.3. The summed E-state index contributed by atoms with van der Waals surface area (Å²) in [7, 11) is 0. The molecule has 1 aromatic carbocycles. The number of carbonyl (C=O) groups is 1. The molecule has 0 spiro atoms. The summed E-state index contributed by atoms with van der Waals surface area (Å²) in [5.74, 6) is -0.120. The van der Waals surface area contributed by atoms with Crippen LogP contribution in [0.5, 0.6) is 5.75 Å². The Kier molecular flexibility index (Phi) is 4.82. The van der Waals surface area contributed by atoms with Crippen LogP contribution in [-0.2, 0) is 0 Å². The monoisotopic (exact) mass is 237 g/mol. The Labute approximate surface area is 101 Å². The van der Waals surface area contributed by atoms with Crippen molar-refractivity contribution in [2.75, 3.05) is 12.3 Å². The highest BCUT2D eigenvalue weighted by molar-refractivity contribution is 5.93. The normalized spacial score (nSPS) is 10.5. The minimum atomic E-state index is -1.02. The third kappa shape index (κ3) is 3.98. The third-order valence-corrected chi connectivity index (χ3v) is 2.45. The summed E-state index contributed by atoms with van der Waals surface area (Å²) in [6.45, 7) is 4.77. The van der Waals surface area contributed by atoms with E-state index in [0.29, 0.717) is 18.2 Å². The van der Waals surface area contributed by atoms with Gasteiger partial charge in [-0.3, -0.25) is 0 Å². The zero-order valence-corrected chi connectivity index (χ0v) is 10.3. The van der Waals surface area contributed by atoms with Gasteiger partial charge in [-0.05, 0) is 30.9 Å². The molecule has 0 saturated carbocycles. The van der Waals surface area contributed by atoms with Gasteiger partial charge in [0.1, 0.15) is 5.56 Å². The van der Waals surface area contributed by atoms with Gasteiger partial charge in [0.2, 0.25) is 0 Å². The molecule has 3 N–H and O–H groups in total. The van der Waals surface area contributed by atoms with Gasteiger partial charge < -0.3 is 15.6 Å². The summed E-state index contributed by atoms with van der Waals surface area (Å²) in [5.41, 5.74) is 6.20. The van der Waals surface area contributed by atoms with Gasteiger partial charge in [0.05, 0.1) is 12.3 Å². The summed E-state index contributed by atoms with van der Waals surface area (Å²) in [5, 5.41) is 9.00. The van der Waals surface area contributed by atoms with E-state index < -0.39 is 5.97 Å². The van der Waals surface area contributed by atoms with E-state index in [-0.39, 0.29) is 11.3 Å². The minimum absolute atomic E-state index is 0.120. The summed E-state index contributed by atoms with van der Waals surface area (Å²) in [4.78, 5) is 11.0. The lowest BCUT2D eigenvalue weighted by molar-refractivity contribution is 0.0692. The van der Waals surface area contributed by atoms with E-state index >= 15 is 0 Å². The predicted octanol–water partition coefficient (Wildman–Crippen LogP) is 2.78. The number of carboxylic acids is 1. The standard InChI is InChI=1S/C13H19NO3/c1-9(2)5-4-8-17-12-10(13(15)16)6-3-7-11(12)14/h3,6-7,9H,4-5,8,14H2,1-2H3,(H,15,16). The van der Waals surface area contributed by atoms with Crippen LogP contribution >= 0.6 is 0 Å². The quantitative estimate of drug-likeness (QED) is 0.589. The molecule has 4 heteroatoms. The van der Waals surface area contributed by atoms with E-state index in [9.17, 15) is 4.79 Å². The Balaban J connectivity index is 2.66. The Hall–Kier alpha value is -1.71. The average molecular weight is 237 g/mol. The molecule has 17 heavy (non-hydrogen) atoms. The lowest BCUT2D eigenvalue weighted by atomic mass is 10.1. The highest BCUT2D eigenvalue weighted by Crippen LogP contribution is 2.26. The lowest BCUT2D eigenvalue weighted by Gasteiger charge is -2.12. The van der Waals surface area contributed by atoms with Gasteiger partial charge in [-0.25, -0.2) is 4.79 Å². The molecule has 0 aliphatic heterocycles. The number of hydrogen-bond donors (Lipinski definition) is 2. The number of aromatic carboxylic acids is 1. The average Bonchev–Trinajstić information content (AvgIpc) is 2.25. The van der Waals surface area contributed by atoms with Crippen LogP contribution in [0, 0.1) is 5.92 Å². The van der Waals surface area contributed by atoms with Crippen molar-refractivity contribution in [3.63, 3.8) is 0 Å². The lowest BCUT2D eigenvalue weighted by Crippen LogP contribution is -2.07. The SMILES string of the molecule is CC(C)CCCOc1c(N)cccc1C(=O)O. The van der Waals surface area contributed by atoms with E-state index in [1.54, 1.807) is 12.1 Å². The van der Waals surface area contributed by atoms with Gasteiger partial charge in [-0.1, -0.05) is 19.9 Å². The molecule has 1 aromatic rings. The minimum Gasteiger partial charge on any atom is -0.491 e. The number of carboxylic acid groups (broad SMARTS) is 1. The Morgan fingerprint density at radius 3 is 2.76 bits per heavy atom. The van der Waals surface area contributed by atoms with Crippen LogP contribution in [0.4, 0.5) is 5.69 Å². The van der Waals surface area contributed by atoms with E-state index in [0.717, 1.165) is 12.8 Å². The van der Waals surface area contributed by atoms with Crippen LogP contribution in [0.2, 0.25) is 0 Å². The zero-order chi connectivity index (χ0) is 12.8. The molecule has 0 heterocycles. The van der Waals surface area contributed by atoms with Crippen LogP contribution in [0.15, 0.2) is 18.2 Å². The maximum absolute atomic E-state index is 11.0. The fourth-order valence-corrected chi connectivity index (χ4v) is 1.55. The molecule has 0 radical (unpaired) electrons. The summed E-state index contributed by atoms with van der Waals surface area (Å²) >= 11 is 0. The van der Waals surface area contributed by atoms with Crippen molar-refractivity contribution < 1.29 is 14.6 Å². The van der Waals surface area contributed by atoms with Crippen LogP contribution in [0.3, 0.4) is 0 Å². The molecule has 4 nitrogen and oxygen atoms in total. The maximum atomic E-state index is 11.0. The summed E-state index contributed by atoms with van der Waals surface area (Å²) in [6, 6.07) is 4.75. The Morgan fingerprint density at radius 2 is 2.18 bits per heavy atom. The van der Waals surface area contributed by atoms with Crippen molar-refractivity contribution in [1.29, 1.82) is 0 Å². The molecule has 0 amide bonds. The van der Waals surface area contributed by atoms with Crippen LogP contribution < -0.4 is 10.5 Å². The molecule has 0 aromatic heterocycles. The number of anilines is 1. The molecular formula is C13H19NO3. The van der Waals surface area contributed by atoms with Crippen molar-refractivity contribution in [2.24, 2.45) is 5.92 Å². The number of nitrogen functional groups attached to an aromatic ring is 1. The van der Waals surface area contributed by atoms with Gasteiger partial charge in [0.15, 0.2) is 5.75 Å². The van der Waals surface area contributed by atoms with Crippen molar-refractivity contribution in [3.05, 3.63) is 23.8 Å².